The van der Waals surface area contributed by atoms with E-state index in [1.165, 1.54) is 19.3 Å². The van der Waals surface area contributed by atoms with Crippen LogP contribution in [0.1, 0.15) is 146 Å². The smallest absolute Gasteiger partial charge is 0.238 e. The van der Waals surface area contributed by atoms with E-state index in [2.05, 4.69) is 83.2 Å². The molecule has 3 aromatic heterocycles. The lowest BCUT2D eigenvalue weighted by Gasteiger charge is -2.48. The molecule has 1 atom stereocenters. The molecule has 16 heteroatoms. The lowest BCUT2D eigenvalue weighted by atomic mass is 9.73. The molecule has 5 amide bonds. The van der Waals surface area contributed by atoms with Gasteiger partial charge in [-0.2, -0.15) is 0 Å². The van der Waals surface area contributed by atoms with E-state index < -0.39 is 5.41 Å². The molecule has 3 N–H and O–H groups in total. The first-order chi connectivity index (χ1) is 35.5. The fourth-order valence-electron chi connectivity index (χ4n) is 13.6. The third-order valence-electron chi connectivity index (χ3n) is 18.4. The van der Waals surface area contributed by atoms with Gasteiger partial charge in [0.05, 0.1) is 28.9 Å². The highest BCUT2D eigenvalue weighted by Crippen LogP contribution is 2.52. The Hall–Kier alpha value is -5.90. The summed E-state index contributed by atoms with van der Waals surface area (Å²) in [5, 5.41) is 9.40. The van der Waals surface area contributed by atoms with Crippen LogP contribution in [0.3, 0.4) is 0 Å². The predicted molar refractivity (Wildman–Crippen MR) is 280 cm³/mol. The molecule has 0 unspecified atom stereocenters. The van der Waals surface area contributed by atoms with Gasteiger partial charge in [0.2, 0.25) is 29.5 Å². The number of imide groups is 1. The third-order valence-corrected chi connectivity index (χ3v) is 18.4. The highest BCUT2D eigenvalue weighted by Gasteiger charge is 2.56. The maximum absolute atomic E-state index is 15.2. The quantitative estimate of drug-likeness (QED) is 0.122. The number of hydrogen-bond donors (Lipinski definition) is 3. The van der Waals surface area contributed by atoms with Gasteiger partial charge in [0, 0.05) is 92.6 Å². The van der Waals surface area contributed by atoms with Crippen molar-refractivity contribution in [3.05, 3.63) is 60.0 Å². The van der Waals surface area contributed by atoms with Gasteiger partial charge in [-0.1, -0.05) is 24.6 Å². The fourth-order valence-corrected chi connectivity index (χ4v) is 13.6. The molecule has 5 aliphatic heterocycles. The van der Waals surface area contributed by atoms with Crippen molar-refractivity contribution in [1.29, 1.82) is 0 Å². The number of aromatic nitrogens is 4. The Balaban J connectivity index is 0.662. The summed E-state index contributed by atoms with van der Waals surface area (Å²) in [7, 11) is 0. The van der Waals surface area contributed by atoms with Crippen LogP contribution in [-0.4, -0.2) is 123 Å². The molecule has 7 fully saturated rings. The van der Waals surface area contributed by atoms with Gasteiger partial charge < -0.3 is 34.8 Å². The van der Waals surface area contributed by atoms with Crippen molar-refractivity contribution in [3.8, 4) is 11.3 Å². The Kier molecular flexibility index (Phi) is 13.0. The van der Waals surface area contributed by atoms with Crippen LogP contribution < -0.4 is 25.8 Å². The SMILES string of the molecule is CC(C)n1cnc2cc(-c3ccc4c(c3)N(C3CC(N5CCCCC5)C3)C(=O)C43CCN(C(=O)C4CCC(CNC(=O)C5CCN(c6ccc([C@H]7CCC(=O)NC7=O)cn6)CC5)CC4)CC3)nc(NC3CC3)c21. The molecular weight excluding hydrogens is 919 g/mol. The minimum absolute atomic E-state index is 0.0274. The summed E-state index contributed by atoms with van der Waals surface area (Å²) in [4.78, 5) is 90.6. The summed E-state index contributed by atoms with van der Waals surface area (Å²) in [6.07, 6.45) is 18.8. The first kappa shape index (κ1) is 48.1. The number of hydrogen-bond acceptors (Lipinski definition) is 11. The number of fused-ring (bicyclic) bond motifs is 3. The van der Waals surface area contributed by atoms with Crippen LogP contribution in [0.2, 0.25) is 0 Å². The van der Waals surface area contributed by atoms with Crippen LogP contribution in [0, 0.1) is 17.8 Å². The van der Waals surface area contributed by atoms with Gasteiger partial charge in [-0.3, -0.25) is 29.3 Å². The normalized spacial score (nSPS) is 26.8. The third kappa shape index (κ3) is 9.28. The fraction of sp³-hybridized carbons (Fsp3) is 0.614. The Morgan fingerprint density at radius 2 is 1.58 bits per heavy atom. The number of rotatable bonds is 12. The number of carbonyl (C=O) groups excluding carboxylic acids is 5. The van der Waals surface area contributed by atoms with Gasteiger partial charge in [-0.15, -0.1) is 0 Å². The van der Waals surface area contributed by atoms with Crippen molar-refractivity contribution in [2.45, 2.75) is 159 Å². The van der Waals surface area contributed by atoms with Crippen molar-refractivity contribution in [2.75, 3.05) is 60.9 Å². The monoisotopic (exact) mass is 992 g/mol. The Morgan fingerprint density at radius 1 is 0.808 bits per heavy atom. The average Bonchev–Trinajstić information content (AvgIpc) is 4.07. The van der Waals surface area contributed by atoms with Crippen LogP contribution >= 0.6 is 0 Å². The van der Waals surface area contributed by atoms with Crippen molar-refractivity contribution in [1.82, 2.24) is 40.0 Å². The minimum Gasteiger partial charge on any atom is -0.366 e. The van der Waals surface area contributed by atoms with E-state index in [1.807, 2.05) is 18.5 Å². The Morgan fingerprint density at radius 3 is 2.27 bits per heavy atom. The number of piperidine rings is 4. The number of imidazole rings is 1. The summed E-state index contributed by atoms with van der Waals surface area (Å²) in [6, 6.07) is 14.0. The van der Waals surface area contributed by atoms with E-state index in [-0.39, 0.29) is 59.4 Å². The summed E-state index contributed by atoms with van der Waals surface area (Å²) in [5.74, 6) is 1.70. The molecule has 0 bridgehead atoms. The largest absolute Gasteiger partial charge is 0.366 e. The average molecular weight is 992 g/mol. The number of benzene rings is 1. The van der Waals surface area contributed by atoms with Crippen molar-refractivity contribution < 1.29 is 24.0 Å². The van der Waals surface area contributed by atoms with E-state index >= 15 is 4.79 Å². The van der Waals surface area contributed by atoms with E-state index in [0.717, 1.165) is 141 Å². The molecule has 4 saturated heterocycles. The molecule has 73 heavy (non-hydrogen) atoms. The molecule has 1 spiro atoms. The highest BCUT2D eigenvalue weighted by atomic mass is 16.2. The van der Waals surface area contributed by atoms with Gasteiger partial charge in [0.1, 0.15) is 11.3 Å². The number of nitrogens with zero attached hydrogens (tertiary/aromatic N) is 8. The summed E-state index contributed by atoms with van der Waals surface area (Å²) >= 11 is 0. The maximum atomic E-state index is 15.2. The van der Waals surface area contributed by atoms with Gasteiger partial charge >= 0.3 is 0 Å². The van der Waals surface area contributed by atoms with E-state index in [9.17, 15) is 19.2 Å². The van der Waals surface area contributed by atoms with E-state index in [4.69, 9.17) is 9.97 Å². The predicted octanol–water partition coefficient (Wildman–Crippen LogP) is 7.23. The molecule has 12 rings (SSSR count). The molecule has 0 radical (unpaired) electrons. The van der Waals surface area contributed by atoms with Gasteiger partial charge in [0.15, 0.2) is 5.82 Å². The Labute approximate surface area is 428 Å². The molecule has 386 valence electrons. The summed E-state index contributed by atoms with van der Waals surface area (Å²) < 4.78 is 2.20. The molecule has 3 saturated carbocycles. The molecule has 8 aliphatic rings. The minimum atomic E-state index is -0.651. The number of anilines is 3. The number of carbonyl (C=O) groups is 5. The van der Waals surface area contributed by atoms with Crippen LogP contribution in [0.25, 0.3) is 22.3 Å². The lowest BCUT2D eigenvalue weighted by Crippen LogP contribution is -2.58. The second kappa shape index (κ2) is 19.7. The standard InChI is InChI=1S/C57H73N11O5/c1-35(2)67-34-60-47-31-46(62-52(51(47)67)61-41-12-13-41)39-10-15-45-48(28-39)68(43-29-42(30-43)64-22-4-3-5-23-64)56(73)57(45)20-26-66(27-21-57)55(72)38-8-6-36(7-9-38)32-59-53(70)37-18-24-65(25-19-37)49-16-11-40(33-58-49)44-14-17-50(69)63-54(44)71/h10-11,15-16,28,31,33-38,41-44H,3-9,12-14,17-27,29-30,32H2,1-2H3,(H,59,70)(H,61,62)(H,63,69,71)/t36?,38?,42?,43?,44-/m1/s1. The van der Waals surface area contributed by atoms with Crippen molar-refractivity contribution in [3.63, 3.8) is 0 Å². The lowest BCUT2D eigenvalue weighted by molar-refractivity contribution is -0.140. The van der Waals surface area contributed by atoms with Crippen LogP contribution in [0.4, 0.5) is 17.3 Å². The zero-order valence-corrected chi connectivity index (χ0v) is 42.8. The number of pyridine rings is 2. The van der Waals surface area contributed by atoms with Crippen LogP contribution in [0.15, 0.2) is 48.9 Å². The molecule has 8 heterocycles. The van der Waals surface area contributed by atoms with Crippen molar-refractivity contribution in [2.24, 2.45) is 17.8 Å². The van der Waals surface area contributed by atoms with Crippen LogP contribution in [0.5, 0.6) is 0 Å². The van der Waals surface area contributed by atoms with E-state index in [0.29, 0.717) is 63.3 Å². The zero-order chi connectivity index (χ0) is 50.0. The van der Waals surface area contributed by atoms with Gasteiger partial charge in [-0.05, 0) is 158 Å². The first-order valence-electron chi connectivity index (χ1n) is 28.0. The van der Waals surface area contributed by atoms with Gasteiger partial charge in [0.25, 0.3) is 0 Å². The first-order valence-corrected chi connectivity index (χ1v) is 28.0. The topological polar surface area (TPSA) is 178 Å². The summed E-state index contributed by atoms with van der Waals surface area (Å²) in [6.45, 7) is 9.92. The second-order valence-electron chi connectivity index (χ2n) is 23.3. The van der Waals surface area contributed by atoms with E-state index in [1.54, 1.807) is 6.20 Å². The number of nitrogens with one attached hydrogen (secondary N) is 3. The molecular formula is C57H73N11O5. The summed E-state index contributed by atoms with van der Waals surface area (Å²) in [5.41, 5.74) is 6.12. The number of likely N-dealkylation sites (tertiary alicyclic amines) is 2. The maximum Gasteiger partial charge on any atom is 0.238 e. The Bertz CT molecular complexity index is 2750. The molecule has 16 nitrogen and oxygen atoms in total. The molecule has 1 aromatic carbocycles. The zero-order valence-electron chi connectivity index (χ0n) is 42.8. The number of amides is 5. The van der Waals surface area contributed by atoms with Gasteiger partial charge in [-0.25, -0.2) is 15.0 Å². The second-order valence-corrected chi connectivity index (χ2v) is 23.3. The molecule has 4 aromatic rings. The highest BCUT2D eigenvalue weighted by molar-refractivity contribution is 6.09. The van der Waals surface area contributed by atoms with Crippen LogP contribution in [-0.2, 0) is 29.4 Å². The molecule has 3 aliphatic carbocycles. The van der Waals surface area contributed by atoms with Crippen molar-refractivity contribution >= 4 is 57.9 Å².